The summed E-state index contributed by atoms with van der Waals surface area (Å²) in [6.07, 6.45) is 0. The van der Waals surface area contributed by atoms with Crippen LogP contribution in [0.4, 0.5) is 0 Å². The van der Waals surface area contributed by atoms with Gasteiger partial charge in [-0.05, 0) is 42.8 Å². The summed E-state index contributed by atoms with van der Waals surface area (Å²) >= 11 is 0. The number of aromatic nitrogens is 2. The van der Waals surface area contributed by atoms with Crippen molar-refractivity contribution in [3.8, 4) is 22.7 Å². The summed E-state index contributed by atoms with van der Waals surface area (Å²) in [4.78, 5) is 0. The van der Waals surface area contributed by atoms with Gasteiger partial charge < -0.3 is 4.74 Å². The largest absolute Gasteiger partial charge is 0.497 e. The predicted octanol–water partition coefficient (Wildman–Crippen LogP) is 5.01. The van der Waals surface area contributed by atoms with Crippen molar-refractivity contribution in [1.82, 2.24) is 9.78 Å². The zero-order chi connectivity index (χ0) is 16.5. The Kier molecular flexibility index (Phi) is 3.54. The first-order chi connectivity index (χ1) is 11.8. The minimum Gasteiger partial charge on any atom is -0.497 e. The summed E-state index contributed by atoms with van der Waals surface area (Å²) < 4.78 is 7.42. The molecule has 4 aromatic rings. The van der Waals surface area contributed by atoms with Crippen LogP contribution in [0.5, 0.6) is 5.75 Å². The number of methoxy groups -OCH3 is 1. The van der Waals surface area contributed by atoms with Crippen LogP contribution in [0.3, 0.4) is 0 Å². The van der Waals surface area contributed by atoms with Crippen molar-refractivity contribution in [2.75, 3.05) is 7.11 Å². The zero-order valence-corrected chi connectivity index (χ0v) is 13.7. The molecule has 3 nitrogen and oxygen atoms in total. The van der Waals surface area contributed by atoms with E-state index < -0.39 is 0 Å². The molecule has 0 aliphatic carbocycles. The van der Waals surface area contributed by atoms with Crippen molar-refractivity contribution in [2.45, 2.75) is 6.92 Å². The quantitative estimate of drug-likeness (QED) is 0.531. The lowest BCUT2D eigenvalue weighted by atomic mass is 10.1. The van der Waals surface area contributed by atoms with E-state index >= 15 is 0 Å². The third-order valence-electron chi connectivity index (χ3n) is 4.17. The van der Waals surface area contributed by atoms with Crippen molar-refractivity contribution in [3.05, 3.63) is 78.4 Å². The number of ether oxygens (including phenoxy) is 1. The lowest BCUT2D eigenvalue weighted by Gasteiger charge is -2.10. The van der Waals surface area contributed by atoms with Crippen molar-refractivity contribution in [2.24, 2.45) is 0 Å². The van der Waals surface area contributed by atoms with E-state index in [0.29, 0.717) is 0 Å². The Morgan fingerprint density at radius 3 is 2.54 bits per heavy atom. The molecule has 0 aliphatic rings. The van der Waals surface area contributed by atoms with Gasteiger partial charge in [0.15, 0.2) is 0 Å². The Bertz CT molecular complexity index is 1020. The van der Waals surface area contributed by atoms with Gasteiger partial charge in [-0.2, -0.15) is 5.10 Å². The number of aryl methyl sites for hydroxylation is 1. The molecule has 1 heterocycles. The summed E-state index contributed by atoms with van der Waals surface area (Å²) in [5.41, 5.74) is 5.42. The van der Waals surface area contributed by atoms with E-state index in [9.17, 15) is 0 Å². The molecule has 0 N–H and O–H groups in total. The van der Waals surface area contributed by atoms with Crippen LogP contribution in [0.15, 0.2) is 72.8 Å². The van der Waals surface area contributed by atoms with Crippen LogP contribution in [0.2, 0.25) is 0 Å². The first-order valence-corrected chi connectivity index (χ1v) is 7.95. The van der Waals surface area contributed by atoms with Crippen molar-refractivity contribution < 1.29 is 4.74 Å². The molecule has 0 aliphatic heterocycles. The predicted molar refractivity (Wildman–Crippen MR) is 97.8 cm³/mol. The Morgan fingerprint density at radius 1 is 0.875 bits per heavy atom. The molecule has 3 aromatic carbocycles. The molecule has 118 valence electrons. The molecule has 24 heavy (non-hydrogen) atoms. The maximum absolute atomic E-state index is 5.40. The molecule has 0 amide bonds. The number of nitrogens with zero attached hydrogens (tertiary/aromatic N) is 2. The van der Waals surface area contributed by atoms with Crippen molar-refractivity contribution in [3.63, 3.8) is 0 Å². The number of hydrogen-bond donors (Lipinski definition) is 0. The van der Waals surface area contributed by atoms with Crippen LogP contribution in [-0.2, 0) is 0 Å². The van der Waals surface area contributed by atoms with Crippen LogP contribution in [0, 0.1) is 6.92 Å². The van der Waals surface area contributed by atoms with Gasteiger partial charge in [-0.15, -0.1) is 0 Å². The van der Waals surface area contributed by atoms with Gasteiger partial charge in [0.1, 0.15) is 5.75 Å². The lowest BCUT2D eigenvalue weighted by molar-refractivity contribution is 0.415. The van der Waals surface area contributed by atoms with E-state index in [-0.39, 0.29) is 0 Å². The highest BCUT2D eigenvalue weighted by Crippen LogP contribution is 2.32. The lowest BCUT2D eigenvalue weighted by Crippen LogP contribution is -1.99. The fourth-order valence-corrected chi connectivity index (χ4v) is 3.03. The second-order valence-corrected chi connectivity index (χ2v) is 5.85. The summed E-state index contributed by atoms with van der Waals surface area (Å²) in [6, 6.07) is 24.7. The molecular formula is C21H18N2O. The minimum absolute atomic E-state index is 0.841. The molecule has 0 saturated heterocycles. The Balaban J connectivity index is 2.03. The van der Waals surface area contributed by atoms with Gasteiger partial charge in [0, 0.05) is 10.9 Å². The van der Waals surface area contributed by atoms with E-state index in [1.54, 1.807) is 7.11 Å². The molecule has 0 unspecified atom stereocenters. The summed E-state index contributed by atoms with van der Waals surface area (Å²) in [5.74, 6) is 0.841. The summed E-state index contributed by atoms with van der Waals surface area (Å²) in [6.45, 7) is 2.10. The second kappa shape index (κ2) is 5.85. The molecule has 1 aromatic heterocycles. The number of rotatable bonds is 3. The Morgan fingerprint density at radius 2 is 1.71 bits per heavy atom. The van der Waals surface area contributed by atoms with Gasteiger partial charge in [-0.25, -0.2) is 4.68 Å². The van der Waals surface area contributed by atoms with Gasteiger partial charge >= 0.3 is 0 Å². The first-order valence-electron chi connectivity index (χ1n) is 7.95. The van der Waals surface area contributed by atoms with Gasteiger partial charge in [0.2, 0.25) is 0 Å². The average molecular weight is 314 g/mol. The average Bonchev–Trinajstić information content (AvgIpc) is 3.01. The fourth-order valence-electron chi connectivity index (χ4n) is 3.03. The number of fused-ring (bicyclic) bond motifs is 1. The molecule has 0 saturated carbocycles. The van der Waals surface area contributed by atoms with Gasteiger partial charge in [-0.1, -0.05) is 42.5 Å². The van der Waals surface area contributed by atoms with E-state index in [4.69, 9.17) is 9.84 Å². The fraction of sp³-hybridized carbons (Fsp3) is 0.0952. The maximum Gasteiger partial charge on any atom is 0.119 e. The molecule has 4 rings (SSSR count). The molecule has 0 fully saturated rings. The Labute approximate surface area is 141 Å². The van der Waals surface area contributed by atoms with Crippen molar-refractivity contribution in [1.29, 1.82) is 0 Å². The van der Waals surface area contributed by atoms with Crippen LogP contribution >= 0.6 is 0 Å². The van der Waals surface area contributed by atoms with E-state index in [1.165, 1.54) is 5.56 Å². The summed E-state index contributed by atoms with van der Waals surface area (Å²) in [5, 5.41) is 5.96. The normalized spacial score (nSPS) is 10.9. The van der Waals surface area contributed by atoms with Crippen LogP contribution < -0.4 is 4.74 Å². The van der Waals surface area contributed by atoms with Crippen LogP contribution in [0.1, 0.15) is 5.56 Å². The van der Waals surface area contributed by atoms with E-state index in [1.807, 2.05) is 35.0 Å². The molecular weight excluding hydrogens is 296 g/mol. The standard InChI is InChI=1S/C21H18N2O/c1-15-7-5-9-17(13-15)23-21(16-8-6-10-18(14-16)24-2)19-11-3-4-12-20(19)22-23/h3-14H,1-2H3. The molecule has 0 spiro atoms. The minimum atomic E-state index is 0.841. The monoisotopic (exact) mass is 314 g/mol. The van der Waals surface area contributed by atoms with E-state index in [2.05, 4.69) is 49.4 Å². The molecule has 0 radical (unpaired) electrons. The number of hydrogen-bond acceptors (Lipinski definition) is 2. The third kappa shape index (κ3) is 2.44. The van der Waals surface area contributed by atoms with E-state index in [0.717, 1.165) is 33.6 Å². The van der Waals surface area contributed by atoms with Gasteiger partial charge in [0.25, 0.3) is 0 Å². The number of benzene rings is 3. The molecule has 0 atom stereocenters. The SMILES string of the molecule is COc1cccc(-c2c3ccccc3nn2-c2cccc(C)c2)c1. The first kappa shape index (κ1) is 14.5. The summed E-state index contributed by atoms with van der Waals surface area (Å²) in [7, 11) is 1.69. The smallest absolute Gasteiger partial charge is 0.119 e. The van der Waals surface area contributed by atoms with Crippen LogP contribution in [0.25, 0.3) is 27.8 Å². The van der Waals surface area contributed by atoms with Gasteiger partial charge in [-0.3, -0.25) is 0 Å². The van der Waals surface area contributed by atoms with Crippen molar-refractivity contribution >= 4 is 10.9 Å². The second-order valence-electron chi connectivity index (χ2n) is 5.85. The molecule has 0 bridgehead atoms. The molecule has 3 heteroatoms. The highest BCUT2D eigenvalue weighted by Gasteiger charge is 2.15. The third-order valence-corrected chi connectivity index (χ3v) is 4.17. The Hall–Kier alpha value is -3.07. The zero-order valence-electron chi connectivity index (χ0n) is 13.7. The highest BCUT2D eigenvalue weighted by molar-refractivity contribution is 5.94. The maximum atomic E-state index is 5.40. The van der Waals surface area contributed by atoms with Crippen LogP contribution in [-0.4, -0.2) is 16.9 Å². The van der Waals surface area contributed by atoms with Gasteiger partial charge in [0.05, 0.1) is 24.0 Å². The topological polar surface area (TPSA) is 27.1 Å². The highest BCUT2D eigenvalue weighted by atomic mass is 16.5.